The van der Waals surface area contributed by atoms with Crippen molar-refractivity contribution in [3.8, 4) is 0 Å². The number of benzene rings is 8. The number of para-hydroxylation sites is 2. The third kappa shape index (κ3) is 22.2. The van der Waals surface area contributed by atoms with Crippen LogP contribution in [0.4, 0.5) is 11.4 Å². The highest BCUT2D eigenvalue weighted by Crippen LogP contribution is 2.59. The third-order valence-corrected chi connectivity index (χ3v) is 31.7. The van der Waals surface area contributed by atoms with Gasteiger partial charge in [0.25, 0.3) is 0 Å². The number of hydrogen-bond acceptors (Lipinski definition) is 23. The van der Waals surface area contributed by atoms with Crippen LogP contribution < -0.4 is 9.80 Å². The fraction of sp³-hybridized carbons (Fsp3) is 0.542. The van der Waals surface area contributed by atoms with Crippen molar-refractivity contribution in [2.75, 3.05) is 16.4 Å². The summed E-state index contributed by atoms with van der Waals surface area (Å²) in [6.07, 6.45) is 10.8. The first-order valence-corrected chi connectivity index (χ1v) is 54.6. The maximum absolute atomic E-state index is 13.1. The summed E-state index contributed by atoms with van der Waals surface area (Å²) < 4.78 is 22.0. The van der Waals surface area contributed by atoms with Crippen LogP contribution in [0.1, 0.15) is 365 Å². The summed E-state index contributed by atoms with van der Waals surface area (Å²) in [4.78, 5) is 41.5. The van der Waals surface area contributed by atoms with E-state index >= 15 is 0 Å². The van der Waals surface area contributed by atoms with Gasteiger partial charge in [0.2, 0.25) is 5.91 Å². The Morgan fingerprint density at radius 2 is 0.678 bits per heavy atom. The monoisotopic (exact) mass is 1980 g/mol. The fourth-order valence-corrected chi connectivity index (χ4v) is 24.3. The predicted molar refractivity (Wildman–Crippen MR) is 574 cm³/mol. The highest BCUT2D eigenvalue weighted by Gasteiger charge is 2.54. The van der Waals surface area contributed by atoms with Gasteiger partial charge in [-0.1, -0.05) is 269 Å². The summed E-state index contributed by atoms with van der Waals surface area (Å²) >= 11 is 0. The zero-order valence-corrected chi connectivity index (χ0v) is 90.7. The molecule has 2 aromatic heterocycles. The minimum atomic E-state index is -0.323. The van der Waals surface area contributed by atoms with Gasteiger partial charge in [0.15, 0.2) is 0 Å². The smallest absolute Gasteiger partial charge is 0.308 e. The number of aryl methyl sites for hydroxylation is 2. The van der Waals surface area contributed by atoms with E-state index in [1.54, 1.807) is 0 Å². The SMILES string of the molecule is CC(C)C(=O)N1Cc2ccccc2C2C(N=NN2C(C)C)c2ccccc21.CC(C)C(=O)OC1Cc2ccccc2C2C(N=NN2C(C)C)c2ccccc21.CC(C)C(=O)OCC1C2CCc3nnn(C(C)C)c3CCC21.CC(C)C1C2CCc3nnn(C(C)C)c3CCC21.CC(C)N1Cc2ccccc2C2C(N=NN2C(C)C)c2ccccc21.CC(C)OC1Cc2ccccc2C2C(N=NN2C(C)C)c2ccccc21. The van der Waals surface area contributed by atoms with Gasteiger partial charge in [0.1, 0.15) is 54.4 Å². The third-order valence-electron chi connectivity index (χ3n) is 31.7. The number of carbonyl (C=O) groups is 3. The lowest BCUT2D eigenvalue weighted by Crippen LogP contribution is -2.38. The van der Waals surface area contributed by atoms with Crippen LogP contribution >= 0.6 is 0 Å². The first-order chi connectivity index (χ1) is 70.2. The molecule has 0 bridgehead atoms. The quantitative estimate of drug-likeness (QED) is 0.0815. The van der Waals surface area contributed by atoms with Crippen molar-refractivity contribution >= 4 is 29.2 Å². The summed E-state index contributed by atoms with van der Waals surface area (Å²) in [5.41, 5.74) is 24.5. The predicted octanol–water partition coefficient (Wildman–Crippen LogP) is 27.3. The average molecular weight is 1980 g/mol. The molecule has 6 aliphatic carbocycles. The minimum absolute atomic E-state index is 0.00770. The normalized spacial score (nSPS) is 24.2. The van der Waals surface area contributed by atoms with Crippen molar-refractivity contribution in [1.82, 2.24) is 50.0 Å². The molecule has 1 amide bonds. The van der Waals surface area contributed by atoms with Gasteiger partial charge >= 0.3 is 11.9 Å². The first-order valence-electron chi connectivity index (χ1n) is 54.6. The van der Waals surface area contributed by atoms with Gasteiger partial charge in [-0.2, -0.15) is 20.5 Å². The van der Waals surface area contributed by atoms with Crippen molar-refractivity contribution in [1.29, 1.82) is 0 Å². The first kappa shape index (κ1) is 105. The standard InChI is InChI=1S/C23H27N3O2.C22H26N4O.C22H27N3O.C21H26N4.C17H27N3O2.C15H25N3/c1-14(2)23(27)28-20-13-16-9-5-6-10-17(16)22-21(24-25-26(22)15(3)4)19-12-8-7-11-18(19)20;1-14(2)22(27)25-13-16-9-5-6-10-17(16)21-20(23-24-26(21)15(3)4)18-11-7-8-12-19(18)25;1-14(2)25-22-17-10-6-5-9-16(17)13-20(26-15(3)4)18-11-7-8-12-19(18)21(22)23-24-25;1-14(2)24-13-16-9-5-6-10-17(16)21-20(22-23-25(21)15(3)4)18-11-7-8-12-19(18)24;1-10(2)17(21)22-9-14-12-5-7-15-16(8-6-13(12)14)20(11(3)4)19-18-15;1-9(2)15-11-5-7-13-14(8-6-12(11)15)18(10(3)4)17-16-13/h5-12,14-15,20-22H,13H2,1-4H3;5-12,14-15,20-21H,13H2,1-4H3;5-12,14-15,20-22H,13H2,1-4H3;5-12,14-15,20-21H,13H2,1-4H3;10-14H,5-9H2,1-4H3;9-12,15H,5-8H2,1-4H3. The van der Waals surface area contributed by atoms with Crippen LogP contribution in [0.15, 0.2) is 235 Å². The van der Waals surface area contributed by atoms with Gasteiger partial charge in [-0.05, 0) is 282 Å². The van der Waals surface area contributed by atoms with Crippen LogP contribution in [-0.2, 0) is 80.2 Å². The summed E-state index contributed by atoms with van der Waals surface area (Å²) in [6.45, 7) is 53.0. The van der Waals surface area contributed by atoms with Gasteiger partial charge in [-0.25, -0.2) is 9.36 Å². The lowest BCUT2D eigenvalue weighted by molar-refractivity contribution is -0.153. The molecule has 0 spiro atoms. The molecule has 22 rings (SSSR count). The Balaban J connectivity index is 0.000000120. The van der Waals surface area contributed by atoms with Crippen LogP contribution in [0, 0.1) is 59.2 Å². The number of carbonyl (C=O) groups excluding carboxylic acids is 3. The number of aromatic nitrogens is 6. The minimum Gasteiger partial charge on any atom is -0.465 e. The van der Waals surface area contributed by atoms with E-state index in [-0.39, 0.29) is 114 Å². The Labute approximate surface area is 866 Å². The molecule has 8 heterocycles. The molecule has 146 heavy (non-hydrogen) atoms. The molecule has 16 atom stereocenters. The van der Waals surface area contributed by atoms with Crippen molar-refractivity contribution < 1.29 is 28.6 Å². The number of ether oxygens (including phenoxy) is 3. The number of rotatable bonds is 16. The number of anilines is 2. The van der Waals surface area contributed by atoms with Crippen molar-refractivity contribution in [3.63, 3.8) is 0 Å². The summed E-state index contributed by atoms with van der Waals surface area (Å²) in [6, 6.07) is 70.5. The second-order valence-electron chi connectivity index (χ2n) is 45.5. The lowest BCUT2D eigenvalue weighted by Gasteiger charge is -2.38. The molecule has 2 fully saturated rings. The zero-order valence-electron chi connectivity index (χ0n) is 90.7. The van der Waals surface area contributed by atoms with Crippen LogP contribution in [0.2, 0.25) is 0 Å². The molecule has 2 saturated carbocycles. The number of nitrogens with zero attached hydrogens (tertiary/aromatic N) is 20. The highest BCUT2D eigenvalue weighted by atomic mass is 16.5. The van der Waals surface area contributed by atoms with E-state index in [0.29, 0.717) is 67.5 Å². The van der Waals surface area contributed by atoms with Crippen LogP contribution in [0.25, 0.3) is 0 Å². The molecule has 12 aliphatic rings. The number of fused-ring (bicyclic) bond motifs is 24. The van der Waals surface area contributed by atoms with E-state index < -0.39 is 0 Å². The molecule has 8 aromatic carbocycles. The highest BCUT2D eigenvalue weighted by molar-refractivity contribution is 5.95. The van der Waals surface area contributed by atoms with E-state index in [1.807, 2.05) is 88.9 Å². The van der Waals surface area contributed by atoms with E-state index in [0.717, 1.165) is 90.3 Å². The molecule has 0 saturated heterocycles. The molecule has 774 valence electrons. The lowest BCUT2D eigenvalue weighted by atomic mass is 9.81. The van der Waals surface area contributed by atoms with Crippen LogP contribution in [-0.4, -0.2) is 111 Å². The van der Waals surface area contributed by atoms with E-state index in [4.69, 9.17) is 24.4 Å². The Bertz CT molecular complexity index is 6300. The molecular weight excluding hydrogens is 1820 g/mol. The van der Waals surface area contributed by atoms with Crippen molar-refractivity contribution in [2.45, 2.75) is 352 Å². The van der Waals surface area contributed by atoms with Gasteiger partial charge < -0.3 is 24.0 Å². The Morgan fingerprint density at radius 1 is 0.336 bits per heavy atom. The van der Waals surface area contributed by atoms with E-state index in [2.05, 4.69) is 362 Å². The molecule has 16 unspecified atom stereocenters. The van der Waals surface area contributed by atoms with Crippen LogP contribution in [0.3, 0.4) is 0 Å². The molecule has 26 heteroatoms. The number of amides is 1. The van der Waals surface area contributed by atoms with Crippen molar-refractivity contribution in [3.05, 3.63) is 295 Å². The largest absolute Gasteiger partial charge is 0.465 e. The second-order valence-corrected chi connectivity index (χ2v) is 45.5. The summed E-state index contributed by atoms with van der Waals surface area (Å²) in [5, 5.41) is 62.9. The van der Waals surface area contributed by atoms with Gasteiger partial charge in [-0.3, -0.25) is 34.4 Å². The summed E-state index contributed by atoms with van der Waals surface area (Å²) in [5.74, 6) is 5.39. The molecular formula is C120H158N20O6. The van der Waals surface area contributed by atoms with Crippen LogP contribution in [0.5, 0.6) is 0 Å². The van der Waals surface area contributed by atoms with Gasteiger partial charge in [0, 0.05) is 90.1 Å². The molecule has 0 radical (unpaired) electrons. The maximum atomic E-state index is 13.1. The molecule has 10 aromatic rings. The van der Waals surface area contributed by atoms with Crippen molar-refractivity contribution in [2.24, 2.45) is 101 Å². The van der Waals surface area contributed by atoms with Gasteiger partial charge in [0.05, 0.1) is 60.0 Å². The fourth-order valence-electron chi connectivity index (χ4n) is 24.3. The Kier molecular flexibility index (Phi) is 32.9. The number of hydrogen-bond donors (Lipinski definition) is 0. The zero-order chi connectivity index (χ0) is 103. The number of esters is 2. The Morgan fingerprint density at radius 3 is 1.08 bits per heavy atom. The average Bonchev–Trinajstić information content (AvgIpc) is 1.58. The molecule has 6 aliphatic heterocycles. The molecule has 0 N–H and O–H groups in total. The molecule has 26 nitrogen and oxygen atoms in total. The topological polar surface area (TPSA) is 259 Å². The Hall–Kier alpha value is -12.2. The maximum Gasteiger partial charge on any atom is 0.308 e. The van der Waals surface area contributed by atoms with E-state index in [1.165, 1.54) is 110 Å². The summed E-state index contributed by atoms with van der Waals surface area (Å²) in [7, 11) is 0. The second kappa shape index (κ2) is 45.7. The van der Waals surface area contributed by atoms with Gasteiger partial charge in [-0.15, -0.1) is 10.2 Å². The van der Waals surface area contributed by atoms with E-state index in [9.17, 15) is 14.4 Å².